The van der Waals surface area contributed by atoms with E-state index in [-0.39, 0.29) is 12.5 Å². The predicted octanol–water partition coefficient (Wildman–Crippen LogP) is 3.49. The minimum absolute atomic E-state index is 0.0547. The average molecular weight is 347 g/mol. The number of benzene rings is 1. The zero-order valence-corrected chi connectivity index (χ0v) is 13.0. The summed E-state index contributed by atoms with van der Waals surface area (Å²) in [7, 11) is 0. The van der Waals surface area contributed by atoms with E-state index < -0.39 is 0 Å². The number of amides is 1. The smallest absolute Gasteiger partial charge is 0.260 e. The number of carbonyl (C=O) groups excluding carboxylic acids is 1. The van der Waals surface area contributed by atoms with E-state index in [0.717, 1.165) is 24.7 Å². The first-order valence-corrected chi connectivity index (χ1v) is 7.94. The number of hydrogen-bond acceptors (Lipinski definition) is 2. The van der Waals surface area contributed by atoms with Crippen molar-refractivity contribution in [3.05, 3.63) is 29.3 Å². The van der Waals surface area contributed by atoms with Crippen LogP contribution < -0.4 is 4.74 Å². The Balaban J connectivity index is 1.86. The van der Waals surface area contributed by atoms with Crippen molar-refractivity contribution in [1.82, 2.24) is 4.90 Å². The molecular weight excluding hydrogens is 330 g/mol. The Morgan fingerprint density at radius 1 is 1.37 bits per heavy atom. The lowest BCUT2D eigenvalue weighted by Crippen LogP contribution is -2.47. The molecule has 2 rings (SSSR count). The van der Waals surface area contributed by atoms with E-state index in [4.69, 9.17) is 16.3 Å². The molecule has 1 aliphatic carbocycles. The largest absolute Gasteiger partial charge is 0.484 e. The molecule has 1 amide bonds. The van der Waals surface area contributed by atoms with Gasteiger partial charge in [0.25, 0.3) is 5.91 Å². The number of rotatable bonds is 6. The third-order valence-corrected chi connectivity index (χ3v) is 3.94. The number of ether oxygens (including phenoxy) is 1. The Bertz CT molecular complexity index is 420. The number of halogens is 2. The minimum atomic E-state index is 0.0547. The van der Waals surface area contributed by atoms with Crippen LogP contribution in [0, 0.1) is 0 Å². The average Bonchev–Trinajstić information content (AvgIpc) is 2.35. The van der Waals surface area contributed by atoms with Gasteiger partial charge in [-0.05, 0) is 43.5 Å². The van der Waals surface area contributed by atoms with Crippen molar-refractivity contribution in [2.75, 3.05) is 18.5 Å². The molecule has 0 heterocycles. The number of hydrogen-bond donors (Lipinski definition) is 0. The summed E-state index contributed by atoms with van der Waals surface area (Å²) in [5, 5.41) is 1.46. The summed E-state index contributed by atoms with van der Waals surface area (Å²) in [5.74, 6) is 0.726. The Hall–Kier alpha value is -0.740. The summed E-state index contributed by atoms with van der Waals surface area (Å²) in [6.07, 6.45) is 3.44. The predicted molar refractivity (Wildman–Crippen MR) is 80.1 cm³/mol. The number of alkyl halides is 1. The Labute approximate surface area is 127 Å². The van der Waals surface area contributed by atoms with Gasteiger partial charge >= 0.3 is 0 Å². The van der Waals surface area contributed by atoms with Gasteiger partial charge in [-0.25, -0.2) is 0 Å². The van der Waals surface area contributed by atoms with Crippen LogP contribution in [0.1, 0.15) is 19.3 Å². The molecule has 0 N–H and O–H groups in total. The number of nitrogens with zero attached hydrogens (tertiary/aromatic N) is 1. The van der Waals surface area contributed by atoms with Crippen LogP contribution in [0.5, 0.6) is 5.75 Å². The van der Waals surface area contributed by atoms with E-state index in [0.29, 0.717) is 16.8 Å². The van der Waals surface area contributed by atoms with Crippen LogP contribution in [-0.2, 0) is 4.79 Å². The van der Waals surface area contributed by atoms with E-state index in [1.54, 1.807) is 24.3 Å². The lowest BCUT2D eigenvalue weighted by Gasteiger charge is -2.37. The van der Waals surface area contributed by atoms with Crippen LogP contribution in [0.15, 0.2) is 24.3 Å². The SMILES string of the molecule is O=C(COc1ccc(Cl)cc1)N(CCBr)C1CCC1. The second kappa shape index (κ2) is 7.15. The first kappa shape index (κ1) is 14.7. The van der Waals surface area contributed by atoms with Gasteiger partial charge in [-0.15, -0.1) is 0 Å². The van der Waals surface area contributed by atoms with Crippen molar-refractivity contribution in [2.45, 2.75) is 25.3 Å². The Morgan fingerprint density at radius 2 is 2.05 bits per heavy atom. The highest BCUT2D eigenvalue weighted by Crippen LogP contribution is 2.25. The quantitative estimate of drug-likeness (QED) is 0.738. The molecule has 0 aliphatic heterocycles. The van der Waals surface area contributed by atoms with Crippen molar-refractivity contribution in [2.24, 2.45) is 0 Å². The van der Waals surface area contributed by atoms with Gasteiger partial charge in [0.15, 0.2) is 6.61 Å². The van der Waals surface area contributed by atoms with Crippen LogP contribution in [0.25, 0.3) is 0 Å². The monoisotopic (exact) mass is 345 g/mol. The fraction of sp³-hybridized carbons (Fsp3) is 0.500. The molecule has 0 bridgehead atoms. The standard InChI is InChI=1S/C14H17BrClNO2/c15-8-9-17(12-2-1-3-12)14(18)10-19-13-6-4-11(16)5-7-13/h4-7,12H,1-3,8-10H2. The highest BCUT2D eigenvalue weighted by molar-refractivity contribution is 9.09. The molecule has 0 saturated heterocycles. The van der Waals surface area contributed by atoms with Crippen molar-refractivity contribution >= 4 is 33.4 Å². The maximum atomic E-state index is 12.2. The lowest BCUT2D eigenvalue weighted by atomic mass is 9.91. The third kappa shape index (κ3) is 4.11. The van der Waals surface area contributed by atoms with Gasteiger partial charge in [-0.1, -0.05) is 27.5 Å². The van der Waals surface area contributed by atoms with Crippen molar-refractivity contribution < 1.29 is 9.53 Å². The summed E-state index contributed by atoms with van der Waals surface area (Å²) >= 11 is 9.19. The van der Waals surface area contributed by atoms with Gasteiger partial charge in [0.2, 0.25) is 0 Å². The zero-order valence-electron chi connectivity index (χ0n) is 10.6. The number of carbonyl (C=O) groups is 1. The highest BCUT2D eigenvalue weighted by atomic mass is 79.9. The second-order valence-electron chi connectivity index (χ2n) is 4.60. The maximum Gasteiger partial charge on any atom is 0.260 e. The van der Waals surface area contributed by atoms with E-state index in [1.807, 2.05) is 4.90 Å². The topological polar surface area (TPSA) is 29.5 Å². The fourth-order valence-electron chi connectivity index (χ4n) is 2.06. The molecule has 1 fully saturated rings. The molecule has 0 radical (unpaired) electrons. The normalized spacial score (nSPS) is 14.8. The van der Waals surface area contributed by atoms with Gasteiger partial charge < -0.3 is 9.64 Å². The first-order valence-electron chi connectivity index (χ1n) is 6.44. The summed E-state index contributed by atoms with van der Waals surface area (Å²) in [6.45, 7) is 0.832. The molecule has 3 nitrogen and oxygen atoms in total. The van der Waals surface area contributed by atoms with Crippen LogP contribution in [0.4, 0.5) is 0 Å². The Morgan fingerprint density at radius 3 is 2.58 bits per heavy atom. The van der Waals surface area contributed by atoms with Crippen molar-refractivity contribution in [1.29, 1.82) is 0 Å². The van der Waals surface area contributed by atoms with Gasteiger partial charge in [0.1, 0.15) is 5.75 Å². The van der Waals surface area contributed by atoms with E-state index in [9.17, 15) is 4.79 Å². The third-order valence-electron chi connectivity index (χ3n) is 3.34. The Kier molecular flexibility index (Phi) is 5.52. The van der Waals surface area contributed by atoms with Crippen LogP contribution in [0.2, 0.25) is 5.02 Å². The van der Waals surface area contributed by atoms with Crippen LogP contribution in [-0.4, -0.2) is 35.3 Å². The van der Waals surface area contributed by atoms with Crippen LogP contribution >= 0.6 is 27.5 Å². The van der Waals surface area contributed by atoms with Gasteiger partial charge in [-0.3, -0.25) is 4.79 Å². The summed E-state index contributed by atoms with van der Waals surface area (Å²) < 4.78 is 5.50. The molecule has 1 aliphatic rings. The molecule has 5 heteroatoms. The molecule has 1 aromatic rings. The zero-order chi connectivity index (χ0) is 13.7. The minimum Gasteiger partial charge on any atom is -0.484 e. The second-order valence-corrected chi connectivity index (χ2v) is 5.83. The van der Waals surface area contributed by atoms with E-state index in [1.165, 1.54) is 6.42 Å². The molecule has 19 heavy (non-hydrogen) atoms. The molecule has 0 aromatic heterocycles. The molecular formula is C14H17BrClNO2. The fourth-order valence-corrected chi connectivity index (χ4v) is 2.57. The molecule has 0 unspecified atom stereocenters. The molecule has 1 aromatic carbocycles. The molecule has 0 spiro atoms. The van der Waals surface area contributed by atoms with Crippen LogP contribution in [0.3, 0.4) is 0 Å². The van der Waals surface area contributed by atoms with E-state index >= 15 is 0 Å². The molecule has 104 valence electrons. The van der Waals surface area contributed by atoms with Gasteiger partial charge in [-0.2, -0.15) is 0 Å². The maximum absolute atomic E-state index is 12.2. The van der Waals surface area contributed by atoms with Crippen molar-refractivity contribution in [3.63, 3.8) is 0 Å². The van der Waals surface area contributed by atoms with Crippen molar-refractivity contribution in [3.8, 4) is 5.75 Å². The summed E-state index contributed by atoms with van der Waals surface area (Å²) in [4.78, 5) is 14.1. The summed E-state index contributed by atoms with van der Waals surface area (Å²) in [6, 6.07) is 7.45. The molecule has 1 saturated carbocycles. The summed E-state index contributed by atoms with van der Waals surface area (Å²) in [5.41, 5.74) is 0. The molecule has 0 atom stereocenters. The lowest BCUT2D eigenvalue weighted by molar-refractivity contribution is -0.137. The van der Waals surface area contributed by atoms with E-state index in [2.05, 4.69) is 15.9 Å². The van der Waals surface area contributed by atoms with Gasteiger partial charge in [0.05, 0.1) is 0 Å². The van der Waals surface area contributed by atoms with Gasteiger partial charge in [0, 0.05) is 22.9 Å². The first-order chi connectivity index (χ1) is 9.20. The highest BCUT2D eigenvalue weighted by Gasteiger charge is 2.28.